The molecule has 0 atom stereocenters. The van der Waals surface area contributed by atoms with Gasteiger partial charge in [0.05, 0.1) is 12.2 Å². The number of ether oxygens (including phenoxy) is 1. The average molecular weight is 333 g/mol. The Labute approximate surface area is 126 Å². The molecule has 0 heterocycles. The predicted octanol–water partition coefficient (Wildman–Crippen LogP) is 3.88. The Bertz CT molecular complexity index is 584. The fourth-order valence-corrected chi connectivity index (χ4v) is 2.27. The molecule has 0 saturated carbocycles. The Morgan fingerprint density at radius 1 is 1.15 bits per heavy atom. The molecule has 0 fully saturated rings. The van der Waals surface area contributed by atoms with Crippen molar-refractivity contribution in [3.63, 3.8) is 0 Å². The first-order chi connectivity index (χ1) is 9.66. The van der Waals surface area contributed by atoms with Crippen molar-refractivity contribution in [2.75, 3.05) is 6.61 Å². The van der Waals surface area contributed by atoms with Crippen LogP contribution in [0.3, 0.4) is 0 Å². The van der Waals surface area contributed by atoms with Crippen LogP contribution in [0, 0.1) is 0 Å². The highest BCUT2D eigenvalue weighted by molar-refractivity contribution is 9.10. The van der Waals surface area contributed by atoms with Crippen LogP contribution < -0.4 is 10.5 Å². The minimum atomic E-state index is -0.732. The molecule has 2 aromatic rings. The van der Waals surface area contributed by atoms with E-state index in [1.807, 2.05) is 18.2 Å². The van der Waals surface area contributed by atoms with Crippen molar-refractivity contribution in [3.05, 3.63) is 64.1 Å². The third kappa shape index (κ3) is 4.10. The number of carbonyl (C=O) groups is 1. The number of hydrogen-bond donors (Lipinski definition) is 0. The summed E-state index contributed by atoms with van der Waals surface area (Å²) in [4.78, 5) is 11.2. The van der Waals surface area contributed by atoms with E-state index in [4.69, 9.17) is 10.5 Å². The highest BCUT2D eigenvalue weighted by Gasteiger charge is 2.10. The molecule has 0 bridgehead atoms. The molecule has 0 spiro atoms. The maximum atomic E-state index is 11.2. The third-order valence-electron chi connectivity index (χ3n) is 2.90. The fraction of sp³-hybridized carbons (Fsp3) is 0.188. The number of aryl methyl sites for hydroxylation is 1. The molecule has 2 aromatic carbocycles. The van der Waals surface area contributed by atoms with Gasteiger partial charge in [0.2, 0.25) is 0 Å². The summed E-state index contributed by atoms with van der Waals surface area (Å²) in [5, 5.41) is 0. The molecule has 1 radical (unpaired) electrons. The normalized spacial score (nSPS) is 10.2. The number of amides is 1. The maximum Gasteiger partial charge on any atom is 0.273 e. The molecule has 0 aliphatic heterocycles. The monoisotopic (exact) mass is 332 g/mol. The molecule has 2 rings (SSSR count). The minimum absolute atomic E-state index is 0.291. The SMILES string of the molecule is [NH]C(=O)c1cc(Br)ccc1OCCCc1ccccc1. The van der Waals surface area contributed by atoms with Gasteiger partial charge in [0.15, 0.2) is 0 Å². The van der Waals surface area contributed by atoms with Crippen LogP contribution >= 0.6 is 15.9 Å². The van der Waals surface area contributed by atoms with E-state index in [1.165, 1.54) is 5.56 Å². The number of carbonyl (C=O) groups excluding carboxylic acids is 1. The Morgan fingerprint density at radius 2 is 1.90 bits per heavy atom. The number of nitrogens with one attached hydrogen (secondary N) is 1. The second-order valence-corrected chi connectivity index (χ2v) is 5.32. The summed E-state index contributed by atoms with van der Waals surface area (Å²) in [7, 11) is 0. The van der Waals surface area contributed by atoms with Crippen LogP contribution in [0.4, 0.5) is 0 Å². The number of benzene rings is 2. The molecule has 1 N–H and O–H groups in total. The van der Waals surface area contributed by atoms with Gasteiger partial charge in [-0.3, -0.25) is 10.5 Å². The van der Waals surface area contributed by atoms with Crippen molar-refractivity contribution in [1.82, 2.24) is 5.73 Å². The molecule has 0 unspecified atom stereocenters. The van der Waals surface area contributed by atoms with E-state index in [1.54, 1.807) is 18.2 Å². The van der Waals surface area contributed by atoms with Gasteiger partial charge in [-0.25, -0.2) is 0 Å². The predicted molar refractivity (Wildman–Crippen MR) is 81.8 cm³/mol. The van der Waals surface area contributed by atoms with Crippen molar-refractivity contribution in [2.24, 2.45) is 0 Å². The van der Waals surface area contributed by atoms with Crippen molar-refractivity contribution < 1.29 is 9.53 Å². The topological polar surface area (TPSA) is 50.1 Å². The summed E-state index contributed by atoms with van der Waals surface area (Å²) < 4.78 is 6.38. The summed E-state index contributed by atoms with van der Waals surface area (Å²) in [5.41, 5.74) is 8.79. The summed E-state index contributed by atoms with van der Waals surface area (Å²) in [6.07, 6.45) is 1.80. The van der Waals surface area contributed by atoms with E-state index in [0.29, 0.717) is 17.9 Å². The van der Waals surface area contributed by atoms with Gasteiger partial charge in [0.25, 0.3) is 5.91 Å². The van der Waals surface area contributed by atoms with Crippen LogP contribution in [-0.2, 0) is 6.42 Å². The van der Waals surface area contributed by atoms with Crippen molar-refractivity contribution in [3.8, 4) is 5.75 Å². The second kappa shape index (κ2) is 7.10. The summed E-state index contributed by atoms with van der Waals surface area (Å²) >= 11 is 3.29. The first-order valence-corrected chi connectivity index (χ1v) is 7.18. The first kappa shape index (κ1) is 14.6. The van der Waals surface area contributed by atoms with Crippen molar-refractivity contribution in [1.29, 1.82) is 0 Å². The van der Waals surface area contributed by atoms with Gasteiger partial charge < -0.3 is 4.74 Å². The van der Waals surface area contributed by atoms with E-state index in [9.17, 15) is 4.79 Å². The zero-order chi connectivity index (χ0) is 14.4. The molecular formula is C16H15BrNO2. The maximum absolute atomic E-state index is 11.2. The number of hydrogen-bond acceptors (Lipinski definition) is 2. The van der Waals surface area contributed by atoms with Crippen LogP contribution in [0.25, 0.3) is 0 Å². The van der Waals surface area contributed by atoms with Crippen LogP contribution in [0.15, 0.2) is 53.0 Å². The Hall–Kier alpha value is -1.81. The molecule has 3 nitrogen and oxygen atoms in total. The summed E-state index contributed by atoms with van der Waals surface area (Å²) in [5.74, 6) is -0.259. The molecule has 103 valence electrons. The molecule has 20 heavy (non-hydrogen) atoms. The van der Waals surface area contributed by atoms with Crippen LogP contribution in [0.2, 0.25) is 0 Å². The van der Waals surface area contributed by atoms with Gasteiger partial charge in [-0.2, -0.15) is 0 Å². The lowest BCUT2D eigenvalue weighted by Gasteiger charge is -2.09. The van der Waals surface area contributed by atoms with Crippen LogP contribution in [0.1, 0.15) is 22.3 Å². The fourth-order valence-electron chi connectivity index (χ4n) is 1.91. The number of rotatable bonds is 6. The molecule has 1 amide bonds. The van der Waals surface area contributed by atoms with Gasteiger partial charge in [-0.15, -0.1) is 0 Å². The standard InChI is InChI=1S/C16H15BrNO2/c17-13-8-9-15(14(11-13)16(18)19)20-10-4-7-12-5-2-1-3-6-12/h1-3,5-6,8-9,11,18H,4,7,10H2. The smallest absolute Gasteiger partial charge is 0.273 e. The van der Waals surface area contributed by atoms with E-state index in [0.717, 1.165) is 17.3 Å². The first-order valence-electron chi connectivity index (χ1n) is 6.39. The third-order valence-corrected chi connectivity index (χ3v) is 3.39. The average Bonchev–Trinajstić information content (AvgIpc) is 2.45. The second-order valence-electron chi connectivity index (χ2n) is 4.41. The van der Waals surface area contributed by atoms with Gasteiger partial charge in [0, 0.05) is 4.47 Å². The van der Waals surface area contributed by atoms with Gasteiger partial charge in [-0.1, -0.05) is 46.3 Å². The van der Waals surface area contributed by atoms with Crippen LogP contribution in [-0.4, -0.2) is 12.5 Å². The molecule has 0 aliphatic carbocycles. The van der Waals surface area contributed by atoms with Gasteiger partial charge in [-0.05, 0) is 36.6 Å². The summed E-state index contributed by atoms with van der Waals surface area (Å²) in [6, 6.07) is 15.3. The molecular weight excluding hydrogens is 318 g/mol. The van der Waals surface area contributed by atoms with E-state index < -0.39 is 5.91 Å². The quantitative estimate of drug-likeness (QED) is 0.753. The summed E-state index contributed by atoms with van der Waals surface area (Å²) in [6.45, 7) is 0.525. The van der Waals surface area contributed by atoms with Gasteiger partial charge in [0.1, 0.15) is 5.75 Å². The number of halogens is 1. The highest BCUT2D eigenvalue weighted by atomic mass is 79.9. The lowest BCUT2D eigenvalue weighted by Crippen LogP contribution is -2.06. The lowest BCUT2D eigenvalue weighted by molar-refractivity contribution is 0.0988. The van der Waals surface area contributed by atoms with E-state index in [2.05, 4.69) is 28.1 Å². The van der Waals surface area contributed by atoms with Crippen molar-refractivity contribution in [2.45, 2.75) is 12.8 Å². The van der Waals surface area contributed by atoms with Crippen molar-refractivity contribution >= 4 is 21.8 Å². The Morgan fingerprint density at radius 3 is 2.60 bits per heavy atom. The zero-order valence-corrected chi connectivity index (χ0v) is 12.5. The molecule has 0 saturated heterocycles. The minimum Gasteiger partial charge on any atom is -0.493 e. The molecule has 4 heteroatoms. The van der Waals surface area contributed by atoms with E-state index >= 15 is 0 Å². The lowest BCUT2D eigenvalue weighted by atomic mass is 10.1. The largest absolute Gasteiger partial charge is 0.493 e. The Balaban J connectivity index is 1.90. The van der Waals surface area contributed by atoms with Crippen LogP contribution in [0.5, 0.6) is 5.75 Å². The highest BCUT2D eigenvalue weighted by Crippen LogP contribution is 2.23. The Kier molecular flexibility index (Phi) is 5.18. The van der Waals surface area contributed by atoms with E-state index in [-0.39, 0.29) is 0 Å². The van der Waals surface area contributed by atoms with Gasteiger partial charge >= 0.3 is 0 Å². The molecule has 0 aliphatic rings. The molecule has 0 aromatic heterocycles. The zero-order valence-electron chi connectivity index (χ0n) is 10.9.